The number of nitrogens with one attached hydrogen (secondary N) is 1. The summed E-state index contributed by atoms with van der Waals surface area (Å²) in [4.78, 5) is 6.62. The normalized spacial score (nSPS) is 12.6. The summed E-state index contributed by atoms with van der Waals surface area (Å²) in [5.41, 5.74) is 1.34. The second kappa shape index (κ2) is 7.21. The Morgan fingerprint density at radius 2 is 1.95 bits per heavy atom. The van der Waals surface area contributed by atoms with Gasteiger partial charge in [0.05, 0.1) is 6.04 Å². The van der Waals surface area contributed by atoms with E-state index in [9.17, 15) is 0 Å². The Kier molecular flexibility index (Phi) is 5.30. The maximum atomic E-state index is 4.17. The molecule has 1 aromatic carbocycles. The second-order valence-electron chi connectivity index (χ2n) is 4.28. The zero-order chi connectivity index (χ0) is 13.5. The van der Waals surface area contributed by atoms with Crippen LogP contribution in [0, 0.1) is 0 Å². The van der Waals surface area contributed by atoms with Crippen LogP contribution in [0.5, 0.6) is 0 Å². The van der Waals surface area contributed by atoms with E-state index in [2.05, 4.69) is 63.8 Å². The van der Waals surface area contributed by atoms with Crippen LogP contribution in [-0.4, -0.2) is 33.9 Å². The van der Waals surface area contributed by atoms with Crippen molar-refractivity contribution in [2.45, 2.75) is 19.9 Å². The highest BCUT2D eigenvalue weighted by atomic mass is 32.1. The van der Waals surface area contributed by atoms with E-state index in [1.165, 1.54) is 17.1 Å². The molecule has 102 valence electrons. The summed E-state index contributed by atoms with van der Waals surface area (Å²) in [5.74, 6) is 0. The highest BCUT2D eigenvalue weighted by Crippen LogP contribution is 2.21. The van der Waals surface area contributed by atoms with Crippen LogP contribution in [0.3, 0.4) is 0 Å². The first kappa shape index (κ1) is 14.0. The molecular weight excluding hydrogens is 256 g/mol. The number of benzene rings is 1. The molecule has 1 atom stereocenters. The fourth-order valence-corrected chi connectivity index (χ4v) is 2.67. The van der Waals surface area contributed by atoms with Gasteiger partial charge in [0.2, 0.25) is 5.13 Å². The van der Waals surface area contributed by atoms with E-state index in [0.717, 1.165) is 24.8 Å². The van der Waals surface area contributed by atoms with E-state index in [-0.39, 0.29) is 0 Å². The van der Waals surface area contributed by atoms with Gasteiger partial charge in [-0.15, -0.1) is 0 Å². The molecule has 0 aliphatic heterocycles. The van der Waals surface area contributed by atoms with Gasteiger partial charge in [0.25, 0.3) is 0 Å². The first-order valence-electron chi connectivity index (χ1n) is 6.64. The van der Waals surface area contributed by atoms with Crippen LogP contribution in [0.1, 0.15) is 25.5 Å². The molecule has 0 saturated carbocycles. The zero-order valence-electron chi connectivity index (χ0n) is 11.4. The van der Waals surface area contributed by atoms with Crippen LogP contribution in [0.4, 0.5) is 5.13 Å². The van der Waals surface area contributed by atoms with Crippen molar-refractivity contribution in [1.82, 2.24) is 14.3 Å². The van der Waals surface area contributed by atoms with Gasteiger partial charge in [-0.25, -0.2) is 4.98 Å². The molecule has 4 nitrogen and oxygen atoms in total. The number of aromatic nitrogens is 2. The summed E-state index contributed by atoms with van der Waals surface area (Å²) < 4.78 is 4.01. The molecule has 1 heterocycles. The van der Waals surface area contributed by atoms with E-state index >= 15 is 0 Å². The Bertz CT molecular complexity index is 454. The fourth-order valence-electron chi connectivity index (χ4n) is 2.23. The van der Waals surface area contributed by atoms with Gasteiger partial charge < -0.3 is 5.32 Å². The molecule has 0 spiro atoms. The first-order chi connectivity index (χ1) is 9.35. The maximum absolute atomic E-state index is 4.17. The van der Waals surface area contributed by atoms with E-state index in [1.807, 2.05) is 0 Å². The first-order valence-corrected chi connectivity index (χ1v) is 7.42. The third kappa shape index (κ3) is 3.75. The highest BCUT2D eigenvalue weighted by molar-refractivity contribution is 7.09. The molecule has 2 aromatic rings. The molecule has 1 aromatic heterocycles. The van der Waals surface area contributed by atoms with Gasteiger partial charge in [0.15, 0.2) is 0 Å². The van der Waals surface area contributed by atoms with E-state index in [0.29, 0.717) is 6.04 Å². The van der Waals surface area contributed by atoms with Gasteiger partial charge in [-0.1, -0.05) is 44.2 Å². The predicted octanol–water partition coefficient (Wildman–Crippen LogP) is 3.03. The smallest absolute Gasteiger partial charge is 0.202 e. The largest absolute Gasteiger partial charge is 0.358 e. The maximum Gasteiger partial charge on any atom is 0.202 e. The molecule has 19 heavy (non-hydrogen) atoms. The fraction of sp³-hybridized carbons (Fsp3) is 0.429. The number of hydrogen-bond acceptors (Lipinski definition) is 5. The van der Waals surface area contributed by atoms with Gasteiger partial charge in [-0.05, 0) is 18.7 Å². The zero-order valence-corrected chi connectivity index (χ0v) is 12.2. The third-order valence-electron chi connectivity index (χ3n) is 3.25. The molecule has 2 rings (SSSR count). The molecule has 0 fully saturated rings. The molecule has 0 amide bonds. The van der Waals surface area contributed by atoms with Gasteiger partial charge in [-0.3, -0.25) is 4.90 Å². The molecule has 0 radical (unpaired) electrons. The Hall–Kier alpha value is -1.46. The standard InChI is InChI=1S/C14H20N4S/c1-3-18(4-2)13(12-8-6-5-7-9-12)10-15-14-16-11-17-19-14/h5-9,11,13H,3-4,10H2,1-2H3,(H,15,16,17). The number of anilines is 1. The Balaban J connectivity index is 2.10. The van der Waals surface area contributed by atoms with E-state index in [1.54, 1.807) is 6.33 Å². The van der Waals surface area contributed by atoms with Gasteiger partial charge in [0, 0.05) is 18.1 Å². The predicted molar refractivity (Wildman–Crippen MR) is 80.5 cm³/mol. The van der Waals surface area contributed by atoms with Crippen molar-refractivity contribution >= 4 is 16.7 Å². The highest BCUT2D eigenvalue weighted by Gasteiger charge is 2.17. The monoisotopic (exact) mass is 276 g/mol. The number of hydrogen-bond donors (Lipinski definition) is 1. The van der Waals surface area contributed by atoms with Gasteiger partial charge >= 0.3 is 0 Å². The lowest BCUT2D eigenvalue weighted by Crippen LogP contribution is -2.33. The van der Waals surface area contributed by atoms with Crippen LogP contribution < -0.4 is 5.32 Å². The summed E-state index contributed by atoms with van der Waals surface area (Å²) >= 11 is 1.40. The van der Waals surface area contributed by atoms with Crippen molar-refractivity contribution in [3.8, 4) is 0 Å². The van der Waals surface area contributed by atoms with Crippen LogP contribution in [0.15, 0.2) is 36.7 Å². The van der Waals surface area contributed by atoms with E-state index in [4.69, 9.17) is 0 Å². The van der Waals surface area contributed by atoms with Crippen molar-refractivity contribution in [2.75, 3.05) is 25.0 Å². The molecular formula is C14H20N4S. The number of nitrogens with zero attached hydrogens (tertiary/aromatic N) is 3. The Morgan fingerprint density at radius 3 is 2.53 bits per heavy atom. The number of likely N-dealkylation sites (N-methyl/N-ethyl adjacent to an activating group) is 1. The molecule has 0 bridgehead atoms. The average Bonchev–Trinajstić information content (AvgIpc) is 2.97. The lowest BCUT2D eigenvalue weighted by atomic mass is 10.1. The molecule has 5 heteroatoms. The van der Waals surface area contributed by atoms with Crippen molar-refractivity contribution in [3.63, 3.8) is 0 Å². The van der Waals surface area contributed by atoms with E-state index < -0.39 is 0 Å². The lowest BCUT2D eigenvalue weighted by Gasteiger charge is -2.30. The van der Waals surface area contributed by atoms with Gasteiger partial charge in [0.1, 0.15) is 6.33 Å². The van der Waals surface area contributed by atoms with Crippen molar-refractivity contribution in [3.05, 3.63) is 42.2 Å². The van der Waals surface area contributed by atoms with Crippen molar-refractivity contribution < 1.29 is 0 Å². The summed E-state index contributed by atoms with van der Waals surface area (Å²) in [6, 6.07) is 11.0. The minimum atomic E-state index is 0.361. The summed E-state index contributed by atoms with van der Waals surface area (Å²) in [7, 11) is 0. The van der Waals surface area contributed by atoms with Crippen LogP contribution in [0.2, 0.25) is 0 Å². The lowest BCUT2D eigenvalue weighted by molar-refractivity contribution is 0.228. The summed E-state index contributed by atoms with van der Waals surface area (Å²) in [6.07, 6.45) is 1.59. The van der Waals surface area contributed by atoms with Crippen molar-refractivity contribution in [1.29, 1.82) is 0 Å². The SMILES string of the molecule is CCN(CC)C(CNc1ncns1)c1ccccc1. The third-order valence-corrected chi connectivity index (χ3v) is 3.87. The number of rotatable bonds is 7. The average molecular weight is 276 g/mol. The van der Waals surface area contributed by atoms with Gasteiger partial charge in [-0.2, -0.15) is 4.37 Å². The molecule has 1 N–H and O–H groups in total. The minimum absolute atomic E-state index is 0.361. The summed E-state index contributed by atoms with van der Waals surface area (Å²) in [6.45, 7) is 7.32. The second-order valence-corrected chi connectivity index (χ2v) is 5.06. The molecule has 0 aliphatic rings. The molecule has 1 unspecified atom stereocenters. The Morgan fingerprint density at radius 1 is 1.21 bits per heavy atom. The van der Waals surface area contributed by atoms with Crippen LogP contribution in [0.25, 0.3) is 0 Å². The minimum Gasteiger partial charge on any atom is -0.358 e. The molecule has 0 aliphatic carbocycles. The van der Waals surface area contributed by atoms with Crippen LogP contribution in [-0.2, 0) is 0 Å². The van der Waals surface area contributed by atoms with Crippen molar-refractivity contribution in [2.24, 2.45) is 0 Å². The van der Waals surface area contributed by atoms with Crippen LogP contribution >= 0.6 is 11.5 Å². The quantitative estimate of drug-likeness (QED) is 0.844. The summed E-state index contributed by atoms with van der Waals surface area (Å²) in [5, 5.41) is 4.26. The Labute approximate surface area is 118 Å². The molecule has 0 saturated heterocycles. The topological polar surface area (TPSA) is 41.0 Å².